The van der Waals surface area contributed by atoms with Gasteiger partial charge in [0, 0.05) is 12.1 Å². The first-order chi connectivity index (χ1) is 10.2. The SMILES string of the molecule is CC(=O)c1ccc(S(=O)(=O)NC[C@@](C)(O)c2ccco2)cc1. The van der Waals surface area contributed by atoms with E-state index in [9.17, 15) is 18.3 Å². The summed E-state index contributed by atoms with van der Waals surface area (Å²) in [6, 6.07) is 8.76. The first kappa shape index (κ1) is 16.4. The zero-order valence-electron chi connectivity index (χ0n) is 12.2. The zero-order chi connectivity index (χ0) is 16.4. The van der Waals surface area contributed by atoms with Crippen LogP contribution in [-0.4, -0.2) is 25.9 Å². The smallest absolute Gasteiger partial charge is 0.240 e. The molecule has 0 radical (unpaired) electrons. The van der Waals surface area contributed by atoms with Crippen LogP contribution in [0.1, 0.15) is 30.0 Å². The molecule has 2 N–H and O–H groups in total. The van der Waals surface area contributed by atoms with Crippen LogP contribution in [0.5, 0.6) is 0 Å². The van der Waals surface area contributed by atoms with E-state index in [1.807, 2.05) is 0 Å². The summed E-state index contributed by atoms with van der Waals surface area (Å²) in [4.78, 5) is 11.2. The van der Waals surface area contributed by atoms with Gasteiger partial charge in [-0.1, -0.05) is 12.1 Å². The van der Waals surface area contributed by atoms with Crippen LogP contribution in [0.2, 0.25) is 0 Å². The Labute approximate surface area is 128 Å². The van der Waals surface area contributed by atoms with Gasteiger partial charge in [0.25, 0.3) is 0 Å². The fraction of sp³-hybridized carbons (Fsp3) is 0.267. The fourth-order valence-electron chi connectivity index (χ4n) is 1.86. The van der Waals surface area contributed by atoms with Gasteiger partial charge in [0.2, 0.25) is 10.0 Å². The number of benzene rings is 1. The van der Waals surface area contributed by atoms with Gasteiger partial charge in [-0.2, -0.15) is 0 Å². The van der Waals surface area contributed by atoms with Crippen LogP contribution in [-0.2, 0) is 15.6 Å². The number of hydrogen-bond donors (Lipinski definition) is 2. The largest absolute Gasteiger partial charge is 0.466 e. The molecule has 2 rings (SSSR count). The summed E-state index contributed by atoms with van der Waals surface area (Å²) in [6.07, 6.45) is 1.40. The van der Waals surface area contributed by atoms with Crippen LogP contribution in [0.4, 0.5) is 0 Å². The molecule has 0 unspecified atom stereocenters. The molecule has 1 atom stereocenters. The summed E-state index contributed by atoms with van der Waals surface area (Å²) in [5, 5.41) is 10.2. The maximum Gasteiger partial charge on any atom is 0.240 e. The molecule has 1 aromatic heterocycles. The third kappa shape index (κ3) is 3.62. The average Bonchev–Trinajstić information content (AvgIpc) is 3.00. The minimum absolute atomic E-state index is 0.0211. The molecule has 0 spiro atoms. The number of carbonyl (C=O) groups is 1. The highest BCUT2D eigenvalue weighted by Crippen LogP contribution is 2.21. The Morgan fingerprint density at radius 3 is 2.41 bits per heavy atom. The number of nitrogens with one attached hydrogen (secondary N) is 1. The van der Waals surface area contributed by atoms with Gasteiger partial charge in [-0.05, 0) is 38.1 Å². The maximum atomic E-state index is 12.2. The lowest BCUT2D eigenvalue weighted by molar-refractivity contribution is 0.0395. The van der Waals surface area contributed by atoms with Gasteiger partial charge in [0.05, 0.1) is 11.2 Å². The lowest BCUT2D eigenvalue weighted by Crippen LogP contribution is -2.38. The number of furan rings is 1. The van der Waals surface area contributed by atoms with Crippen LogP contribution in [0.15, 0.2) is 52.0 Å². The number of carbonyl (C=O) groups excluding carboxylic acids is 1. The predicted molar refractivity (Wildman–Crippen MR) is 79.9 cm³/mol. The quantitative estimate of drug-likeness (QED) is 0.788. The van der Waals surface area contributed by atoms with Crippen molar-refractivity contribution in [3.05, 3.63) is 54.0 Å². The molecule has 118 valence electrons. The average molecular weight is 323 g/mol. The Kier molecular flexibility index (Phi) is 4.50. The van der Waals surface area contributed by atoms with Crippen LogP contribution in [0, 0.1) is 0 Å². The highest BCUT2D eigenvalue weighted by atomic mass is 32.2. The number of hydrogen-bond acceptors (Lipinski definition) is 5. The number of sulfonamides is 1. The van der Waals surface area contributed by atoms with E-state index in [2.05, 4.69) is 4.72 Å². The first-order valence-corrected chi connectivity index (χ1v) is 8.08. The molecule has 0 aliphatic heterocycles. The Balaban J connectivity index is 2.13. The van der Waals surface area contributed by atoms with Gasteiger partial charge < -0.3 is 9.52 Å². The Bertz CT molecular complexity index is 746. The Morgan fingerprint density at radius 1 is 1.27 bits per heavy atom. The molecule has 0 saturated heterocycles. The molecule has 0 bridgehead atoms. The van der Waals surface area contributed by atoms with Crippen molar-refractivity contribution in [2.45, 2.75) is 24.3 Å². The maximum absolute atomic E-state index is 12.2. The van der Waals surface area contributed by atoms with Crippen molar-refractivity contribution in [2.75, 3.05) is 6.54 Å². The van der Waals surface area contributed by atoms with E-state index in [1.54, 1.807) is 12.1 Å². The highest BCUT2D eigenvalue weighted by Gasteiger charge is 2.28. The molecule has 0 aliphatic carbocycles. The molecular weight excluding hydrogens is 306 g/mol. The summed E-state index contributed by atoms with van der Waals surface area (Å²) in [7, 11) is -3.79. The minimum atomic E-state index is -3.79. The van der Waals surface area contributed by atoms with E-state index in [1.165, 1.54) is 44.4 Å². The molecule has 0 amide bonds. The summed E-state index contributed by atoms with van der Waals surface area (Å²) in [5.41, 5.74) is -1.03. The summed E-state index contributed by atoms with van der Waals surface area (Å²) < 4.78 is 31.8. The number of ketones is 1. The highest BCUT2D eigenvalue weighted by molar-refractivity contribution is 7.89. The third-order valence-electron chi connectivity index (χ3n) is 3.23. The molecule has 0 fully saturated rings. The van der Waals surface area contributed by atoms with Gasteiger partial charge in [-0.3, -0.25) is 4.79 Å². The van der Waals surface area contributed by atoms with Crippen molar-refractivity contribution in [3.63, 3.8) is 0 Å². The molecule has 2 aromatic rings. The zero-order valence-corrected chi connectivity index (χ0v) is 13.1. The van der Waals surface area contributed by atoms with Crippen molar-refractivity contribution in [1.82, 2.24) is 4.72 Å². The number of Topliss-reactive ketones (excluding diaryl/α,β-unsaturated/α-hetero) is 1. The standard InChI is InChI=1S/C15H17NO5S/c1-11(17)12-5-7-13(8-6-12)22(19,20)16-10-15(2,18)14-4-3-9-21-14/h3-9,16,18H,10H2,1-2H3/t15-/m1/s1. The van der Waals surface area contributed by atoms with Crippen molar-refractivity contribution < 1.29 is 22.7 Å². The number of aliphatic hydroxyl groups is 1. The molecule has 22 heavy (non-hydrogen) atoms. The summed E-state index contributed by atoms with van der Waals surface area (Å²) in [6.45, 7) is 2.62. The van der Waals surface area contributed by atoms with Gasteiger partial charge in [0.1, 0.15) is 11.4 Å². The van der Waals surface area contributed by atoms with Crippen molar-refractivity contribution >= 4 is 15.8 Å². The van der Waals surface area contributed by atoms with E-state index in [-0.39, 0.29) is 23.0 Å². The molecule has 6 nitrogen and oxygen atoms in total. The Morgan fingerprint density at radius 2 is 1.91 bits per heavy atom. The van der Waals surface area contributed by atoms with Crippen LogP contribution < -0.4 is 4.72 Å². The van der Waals surface area contributed by atoms with E-state index >= 15 is 0 Å². The lowest BCUT2D eigenvalue weighted by atomic mass is 10.1. The fourth-order valence-corrected chi connectivity index (χ4v) is 2.99. The normalized spacial score (nSPS) is 14.5. The number of rotatable bonds is 6. The molecular formula is C15H17NO5S. The third-order valence-corrected chi connectivity index (χ3v) is 4.65. The second-order valence-corrected chi connectivity index (χ2v) is 6.92. The molecule has 1 aromatic carbocycles. The van der Waals surface area contributed by atoms with E-state index in [0.29, 0.717) is 5.56 Å². The van der Waals surface area contributed by atoms with Crippen molar-refractivity contribution in [2.24, 2.45) is 0 Å². The lowest BCUT2D eigenvalue weighted by Gasteiger charge is -2.21. The Hall–Kier alpha value is -1.96. The van der Waals surface area contributed by atoms with Gasteiger partial charge in [0.15, 0.2) is 5.78 Å². The van der Waals surface area contributed by atoms with Gasteiger partial charge >= 0.3 is 0 Å². The second-order valence-electron chi connectivity index (χ2n) is 5.16. The van der Waals surface area contributed by atoms with Crippen LogP contribution in [0.3, 0.4) is 0 Å². The molecule has 7 heteroatoms. The van der Waals surface area contributed by atoms with Crippen molar-refractivity contribution in [3.8, 4) is 0 Å². The van der Waals surface area contributed by atoms with Crippen LogP contribution in [0.25, 0.3) is 0 Å². The van der Waals surface area contributed by atoms with Crippen molar-refractivity contribution in [1.29, 1.82) is 0 Å². The topological polar surface area (TPSA) is 96.6 Å². The van der Waals surface area contributed by atoms with E-state index < -0.39 is 15.6 Å². The van der Waals surface area contributed by atoms with Gasteiger partial charge in [-0.25, -0.2) is 13.1 Å². The van der Waals surface area contributed by atoms with E-state index in [0.717, 1.165) is 0 Å². The van der Waals surface area contributed by atoms with Crippen LogP contribution >= 0.6 is 0 Å². The monoisotopic (exact) mass is 323 g/mol. The first-order valence-electron chi connectivity index (χ1n) is 6.59. The second kappa shape index (κ2) is 6.04. The summed E-state index contributed by atoms with van der Waals surface area (Å²) in [5.74, 6) is 0.125. The molecule has 1 heterocycles. The van der Waals surface area contributed by atoms with Gasteiger partial charge in [-0.15, -0.1) is 0 Å². The predicted octanol–water partition coefficient (Wildman–Crippen LogP) is 1.67. The molecule has 0 aliphatic rings. The van der Waals surface area contributed by atoms with E-state index in [4.69, 9.17) is 4.42 Å². The minimum Gasteiger partial charge on any atom is -0.466 e. The summed E-state index contributed by atoms with van der Waals surface area (Å²) >= 11 is 0. The molecule has 0 saturated carbocycles.